The number of aromatic nitrogens is 5. The first-order chi connectivity index (χ1) is 16.2. The Morgan fingerprint density at radius 2 is 1.30 bits per heavy atom. The van der Waals surface area contributed by atoms with E-state index in [1.165, 1.54) is 6.20 Å². The summed E-state index contributed by atoms with van der Waals surface area (Å²) in [6.45, 7) is 0. The molecule has 2 aromatic heterocycles. The van der Waals surface area contributed by atoms with Crippen molar-refractivity contribution in [2.75, 3.05) is 0 Å². The Morgan fingerprint density at radius 3 is 1.76 bits per heavy atom. The van der Waals surface area contributed by atoms with E-state index in [0.717, 1.165) is 16.7 Å². The summed E-state index contributed by atoms with van der Waals surface area (Å²) in [6.07, 6.45) is 4.80. The lowest BCUT2D eigenvalue weighted by atomic mass is 9.77. The van der Waals surface area contributed by atoms with Gasteiger partial charge in [0, 0.05) is 19.4 Å². The van der Waals surface area contributed by atoms with Crippen LogP contribution in [0, 0.1) is 0 Å². The molecule has 0 N–H and O–H groups in total. The molecule has 0 saturated heterocycles. The van der Waals surface area contributed by atoms with E-state index in [-0.39, 0.29) is 11.8 Å². The summed E-state index contributed by atoms with van der Waals surface area (Å²) >= 11 is 0. The topological polar surface area (TPSA) is 74.8 Å². The molecule has 0 radical (unpaired) electrons. The number of benzene rings is 3. The van der Waals surface area contributed by atoms with E-state index in [4.69, 9.17) is 4.74 Å². The Bertz CT molecular complexity index is 1260. The van der Waals surface area contributed by atoms with Gasteiger partial charge in [0.15, 0.2) is 0 Å². The largest absolute Gasteiger partial charge is 0.384 e. The van der Waals surface area contributed by atoms with Gasteiger partial charge in [-0.25, -0.2) is 14.5 Å². The highest BCUT2D eigenvalue weighted by atomic mass is 16.6. The molecular formula is C26H21N5O2. The fourth-order valence-corrected chi connectivity index (χ4v) is 4.08. The summed E-state index contributed by atoms with van der Waals surface area (Å²) in [6, 6.07) is 30.2. The summed E-state index contributed by atoms with van der Waals surface area (Å²) in [5.41, 5.74) is 2.16. The van der Waals surface area contributed by atoms with Crippen molar-refractivity contribution in [2.45, 2.75) is 5.54 Å². The number of esters is 1. The van der Waals surface area contributed by atoms with Gasteiger partial charge in [0.2, 0.25) is 5.82 Å². The second-order valence-corrected chi connectivity index (χ2v) is 7.53. The van der Waals surface area contributed by atoms with Crippen LogP contribution in [0.5, 0.6) is 6.01 Å². The highest BCUT2D eigenvalue weighted by Crippen LogP contribution is 2.40. The number of ether oxygens (including phenoxy) is 1. The molecule has 5 rings (SSSR count). The maximum Gasteiger partial charge on any atom is 0.382 e. The van der Waals surface area contributed by atoms with Crippen molar-refractivity contribution < 1.29 is 9.53 Å². The van der Waals surface area contributed by atoms with Gasteiger partial charge in [0.05, 0.1) is 0 Å². The molecule has 2 heterocycles. The predicted octanol–water partition coefficient (Wildman–Crippen LogP) is 4.07. The van der Waals surface area contributed by atoms with Crippen LogP contribution in [0.25, 0.3) is 0 Å². The van der Waals surface area contributed by atoms with Crippen LogP contribution >= 0.6 is 0 Å². The van der Waals surface area contributed by atoms with Crippen LogP contribution in [-0.2, 0) is 12.6 Å². The SMILES string of the molecule is Cn1ccnc1C(=O)Oc1ncn(C(c2ccccc2)(c2ccccc2)c2ccccc2)n1. The van der Waals surface area contributed by atoms with E-state index >= 15 is 0 Å². The first-order valence-corrected chi connectivity index (χ1v) is 10.5. The van der Waals surface area contributed by atoms with E-state index in [9.17, 15) is 4.79 Å². The van der Waals surface area contributed by atoms with Crippen LogP contribution in [0.3, 0.4) is 0 Å². The van der Waals surface area contributed by atoms with Crippen molar-refractivity contribution in [3.05, 3.63) is 132 Å². The Hall–Kier alpha value is -4.52. The van der Waals surface area contributed by atoms with Gasteiger partial charge in [-0.1, -0.05) is 91.0 Å². The number of rotatable bonds is 6. The van der Waals surface area contributed by atoms with Crippen LogP contribution in [0.15, 0.2) is 110 Å². The fraction of sp³-hybridized carbons (Fsp3) is 0.0769. The number of hydrogen-bond acceptors (Lipinski definition) is 5. The van der Waals surface area contributed by atoms with Crippen LogP contribution in [-0.4, -0.2) is 30.3 Å². The van der Waals surface area contributed by atoms with Gasteiger partial charge in [-0.15, -0.1) is 5.10 Å². The number of imidazole rings is 1. The number of carbonyl (C=O) groups excluding carboxylic acids is 1. The zero-order valence-corrected chi connectivity index (χ0v) is 17.9. The van der Waals surface area contributed by atoms with Gasteiger partial charge in [-0.2, -0.15) is 4.98 Å². The van der Waals surface area contributed by atoms with E-state index in [1.54, 1.807) is 28.8 Å². The van der Waals surface area contributed by atoms with Crippen molar-refractivity contribution in [1.29, 1.82) is 0 Å². The zero-order chi connectivity index (χ0) is 22.7. The second kappa shape index (κ2) is 8.55. The monoisotopic (exact) mass is 435 g/mol. The smallest absolute Gasteiger partial charge is 0.382 e. The molecule has 3 aromatic carbocycles. The molecule has 33 heavy (non-hydrogen) atoms. The molecule has 5 aromatic rings. The summed E-state index contributed by atoms with van der Waals surface area (Å²) in [5.74, 6) is -0.447. The molecule has 0 aliphatic rings. The third-order valence-corrected chi connectivity index (χ3v) is 5.58. The number of hydrogen-bond donors (Lipinski definition) is 0. The van der Waals surface area contributed by atoms with E-state index in [0.29, 0.717) is 0 Å². The molecular weight excluding hydrogens is 414 g/mol. The van der Waals surface area contributed by atoms with Crippen molar-refractivity contribution >= 4 is 5.97 Å². The van der Waals surface area contributed by atoms with Crippen molar-refractivity contribution in [3.63, 3.8) is 0 Å². The molecule has 0 spiro atoms. The van der Waals surface area contributed by atoms with Crippen LogP contribution < -0.4 is 4.74 Å². The van der Waals surface area contributed by atoms with E-state index in [1.807, 2.05) is 54.6 Å². The first kappa shape index (κ1) is 20.4. The van der Waals surface area contributed by atoms with Gasteiger partial charge < -0.3 is 9.30 Å². The summed E-state index contributed by atoms with van der Waals surface area (Å²) in [4.78, 5) is 20.9. The molecule has 0 bridgehead atoms. The maximum atomic E-state index is 12.6. The lowest BCUT2D eigenvalue weighted by Crippen LogP contribution is -2.38. The third kappa shape index (κ3) is 3.59. The fourth-order valence-electron chi connectivity index (χ4n) is 4.08. The summed E-state index contributed by atoms with van der Waals surface area (Å²) < 4.78 is 8.79. The Balaban J connectivity index is 1.68. The minimum Gasteiger partial charge on any atom is -0.384 e. The molecule has 0 unspecified atom stereocenters. The van der Waals surface area contributed by atoms with Crippen LogP contribution in [0.4, 0.5) is 0 Å². The van der Waals surface area contributed by atoms with Gasteiger partial charge in [0.1, 0.15) is 11.9 Å². The van der Waals surface area contributed by atoms with Crippen molar-refractivity contribution in [2.24, 2.45) is 7.05 Å². The summed E-state index contributed by atoms with van der Waals surface area (Å²) in [7, 11) is 1.72. The number of nitrogens with zero attached hydrogens (tertiary/aromatic N) is 5. The molecule has 0 amide bonds. The van der Waals surface area contributed by atoms with E-state index in [2.05, 4.69) is 51.5 Å². The molecule has 0 saturated carbocycles. The highest BCUT2D eigenvalue weighted by Gasteiger charge is 2.40. The Morgan fingerprint density at radius 1 is 0.788 bits per heavy atom. The van der Waals surface area contributed by atoms with Crippen molar-refractivity contribution in [1.82, 2.24) is 24.3 Å². The Labute approximate surface area is 190 Å². The molecule has 0 aliphatic heterocycles. The minimum atomic E-state index is -0.829. The third-order valence-electron chi connectivity index (χ3n) is 5.58. The molecule has 0 atom stereocenters. The van der Waals surface area contributed by atoms with Crippen LogP contribution in [0.1, 0.15) is 27.3 Å². The standard InChI is InChI=1S/C26H21N5O2/c1-30-18-17-27-23(30)24(32)33-25-28-19-31(29-25)26(20-11-5-2-6-12-20,21-13-7-3-8-14-21)22-15-9-4-10-16-22/h2-19H,1H3. The average Bonchev–Trinajstić information content (AvgIpc) is 3.51. The molecule has 7 heteroatoms. The quantitative estimate of drug-likeness (QED) is 0.297. The maximum absolute atomic E-state index is 12.6. The molecule has 7 nitrogen and oxygen atoms in total. The second-order valence-electron chi connectivity index (χ2n) is 7.53. The number of carbonyl (C=O) groups is 1. The lowest BCUT2D eigenvalue weighted by Gasteiger charge is -2.35. The predicted molar refractivity (Wildman–Crippen MR) is 123 cm³/mol. The minimum absolute atomic E-state index is 0.0461. The van der Waals surface area contributed by atoms with Crippen LogP contribution in [0.2, 0.25) is 0 Å². The van der Waals surface area contributed by atoms with Gasteiger partial charge >= 0.3 is 12.0 Å². The highest BCUT2D eigenvalue weighted by molar-refractivity contribution is 5.86. The molecule has 0 aliphatic carbocycles. The number of aryl methyl sites for hydroxylation is 1. The average molecular weight is 435 g/mol. The first-order valence-electron chi connectivity index (χ1n) is 10.5. The normalized spacial score (nSPS) is 11.3. The van der Waals surface area contributed by atoms with Gasteiger partial charge in [-0.3, -0.25) is 0 Å². The van der Waals surface area contributed by atoms with Crippen molar-refractivity contribution in [3.8, 4) is 6.01 Å². The molecule has 162 valence electrons. The molecule has 0 fully saturated rings. The van der Waals surface area contributed by atoms with E-state index < -0.39 is 11.5 Å². The zero-order valence-electron chi connectivity index (χ0n) is 17.9. The van der Waals surface area contributed by atoms with Gasteiger partial charge in [-0.05, 0) is 16.7 Å². The van der Waals surface area contributed by atoms with Gasteiger partial charge in [0.25, 0.3) is 0 Å². The lowest BCUT2D eigenvalue weighted by molar-refractivity contribution is 0.0702. The summed E-state index contributed by atoms with van der Waals surface area (Å²) in [5, 5.41) is 4.62. The Kier molecular flexibility index (Phi) is 5.28.